The topological polar surface area (TPSA) is 90.9 Å². The summed E-state index contributed by atoms with van der Waals surface area (Å²) in [5.41, 5.74) is -0.525. The van der Waals surface area contributed by atoms with Crippen molar-refractivity contribution >= 4 is 12.0 Å². The van der Waals surface area contributed by atoms with Crippen LogP contribution in [-0.4, -0.2) is 65.9 Å². The first-order chi connectivity index (χ1) is 10.7. The quantitative estimate of drug-likeness (QED) is 0.701. The van der Waals surface area contributed by atoms with Crippen LogP contribution in [0.15, 0.2) is 0 Å². The Bertz CT molecular complexity index is 436. The molecule has 2 rings (SSSR count). The van der Waals surface area contributed by atoms with E-state index in [2.05, 4.69) is 10.6 Å². The summed E-state index contributed by atoms with van der Waals surface area (Å²) in [7, 11) is 0. The smallest absolute Gasteiger partial charge is 0.407 e. The average Bonchev–Trinajstić information content (AvgIpc) is 2.87. The maximum atomic E-state index is 12.4. The van der Waals surface area contributed by atoms with E-state index >= 15 is 0 Å². The highest BCUT2D eigenvalue weighted by Gasteiger charge is 2.32. The van der Waals surface area contributed by atoms with Gasteiger partial charge in [0.2, 0.25) is 5.91 Å². The first kappa shape index (κ1) is 18.0. The van der Waals surface area contributed by atoms with Gasteiger partial charge in [-0.1, -0.05) is 0 Å². The average molecular weight is 327 g/mol. The highest BCUT2D eigenvalue weighted by Crippen LogP contribution is 2.19. The van der Waals surface area contributed by atoms with E-state index in [0.717, 1.165) is 13.0 Å². The summed E-state index contributed by atoms with van der Waals surface area (Å²) in [5, 5.41) is 16.0. The summed E-state index contributed by atoms with van der Waals surface area (Å²) in [5.74, 6) is 0.0281. The van der Waals surface area contributed by atoms with Crippen molar-refractivity contribution < 1.29 is 19.4 Å². The van der Waals surface area contributed by atoms with Crippen molar-refractivity contribution in [1.29, 1.82) is 0 Å². The number of aliphatic hydroxyl groups is 1. The summed E-state index contributed by atoms with van der Waals surface area (Å²) >= 11 is 0. The molecule has 0 saturated carbocycles. The van der Waals surface area contributed by atoms with E-state index in [1.807, 2.05) is 20.8 Å². The van der Waals surface area contributed by atoms with Crippen LogP contribution in [0.2, 0.25) is 0 Å². The number of carbonyl (C=O) groups is 2. The van der Waals surface area contributed by atoms with Crippen molar-refractivity contribution in [2.75, 3.05) is 26.2 Å². The van der Waals surface area contributed by atoms with Gasteiger partial charge in [0.05, 0.1) is 12.1 Å². The second kappa shape index (κ2) is 7.49. The van der Waals surface area contributed by atoms with Gasteiger partial charge in [-0.25, -0.2) is 4.79 Å². The minimum atomic E-state index is -0.525. The Morgan fingerprint density at radius 3 is 2.74 bits per heavy atom. The Morgan fingerprint density at radius 2 is 2.09 bits per heavy atom. The number of likely N-dealkylation sites (tertiary alicyclic amines) is 1. The zero-order chi connectivity index (χ0) is 17.0. The summed E-state index contributed by atoms with van der Waals surface area (Å²) in [6.07, 6.45) is 0.937. The lowest BCUT2D eigenvalue weighted by atomic mass is 9.92. The number of aliphatic hydroxyl groups excluding tert-OH is 1. The van der Waals surface area contributed by atoms with E-state index in [-0.39, 0.29) is 17.9 Å². The van der Waals surface area contributed by atoms with E-state index < -0.39 is 17.8 Å². The molecule has 0 aromatic heterocycles. The number of nitrogens with zero attached hydrogens (tertiary/aromatic N) is 1. The maximum absolute atomic E-state index is 12.4. The lowest BCUT2D eigenvalue weighted by Crippen LogP contribution is -2.44. The van der Waals surface area contributed by atoms with Crippen LogP contribution in [0.5, 0.6) is 0 Å². The molecular weight excluding hydrogens is 298 g/mol. The predicted octanol–water partition coefficient (Wildman–Crippen LogP) is 0.473. The van der Waals surface area contributed by atoms with Crippen LogP contribution in [0.3, 0.4) is 0 Å². The van der Waals surface area contributed by atoms with Gasteiger partial charge in [-0.15, -0.1) is 0 Å². The summed E-state index contributed by atoms with van der Waals surface area (Å²) in [6.45, 7) is 8.09. The molecule has 23 heavy (non-hydrogen) atoms. The molecule has 0 aromatic carbocycles. The van der Waals surface area contributed by atoms with Gasteiger partial charge in [0.15, 0.2) is 0 Å². The molecule has 3 unspecified atom stereocenters. The second-order valence-electron chi connectivity index (χ2n) is 7.50. The summed E-state index contributed by atoms with van der Waals surface area (Å²) in [4.78, 5) is 25.9. The molecule has 0 aromatic rings. The Balaban J connectivity index is 1.75. The van der Waals surface area contributed by atoms with Gasteiger partial charge >= 0.3 is 6.09 Å². The number of piperidine rings is 1. The molecule has 7 nitrogen and oxygen atoms in total. The number of amides is 2. The lowest BCUT2D eigenvalue weighted by molar-refractivity contribution is -0.132. The number of nitrogens with one attached hydrogen (secondary N) is 2. The number of carbonyl (C=O) groups excluding carboxylic acids is 2. The second-order valence-corrected chi connectivity index (χ2v) is 7.50. The van der Waals surface area contributed by atoms with Crippen LogP contribution in [0.4, 0.5) is 4.79 Å². The zero-order valence-electron chi connectivity index (χ0n) is 14.3. The van der Waals surface area contributed by atoms with Gasteiger partial charge in [0, 0.05) is 32.0 Å². The van der Waals surface area contributed by atoms with Crippen LogP contribution in [0.25, 0.3) is 0 Å². The number of ether oxygens (including phenoxy) is 1. The highest BCUT2D eigenvalue weighted by atomic mass is 16.6. The van der Waals surface area contributed by atoms with E-state index in [1.165, 1.54) is 0 Å². The SMILES string of the molecule is CC(C)(C)OC(=O)NC1CCN(C(=O)CC2CNCCC2O)C1. The van der Waals surface area contributed by atoms with Gasteiger partial charge in [-0.3, -0.25) is 4.79 Å². The molecule has 0 radical (unpaired) electrons. The third-order valence-corrected chi connectivity index (χ3v) is 4.27. The van der Waals surface area contributed by atoms with Gasteiger partial charge in [-0.05, 0) is 40.2 Å². The Labute approximate surface area is 137 Å². The molecule has 0 spiro atoms. The largest absolute Gasteiger partial charge is 0.444 e. The first-order valence-electron chi connectivity index (χ1n) is 8.40. The van der Waals surface area contributed by atoms with Crippen molar-refractivity contribution in [2.24, 2.45) is 5.92 Å². The Kier molecular flexibility index (Phi) is 5.86. The normalized spacial score (nSPS) is 28.5. The maximum Gasteiger partial charge on any atom is 0.407 e. The number of hydrogen-bond acceptors (Lipinski definition) is 5. The monoisotopic (exact) mass is 327 g/mol. The molecular formula is C16H29N3O4. The fourth-order valence-electron chi connectivity index (χ4n) is 3.05. The van der Waals surface area contributed by atoms with Crippen LogP contribution in [0.1, 0.15) is 40.0 Å². The lowest BCUT2D eigenvalue weighted by Gasteiger charge is -2.29. The molecule has 2 aliphatic heterocycles. The molecule has 0 bridgehead atoms. The van der Waals surface area contributed by atoms with Crippen LogP contribution >= 0.6 is 0 Å². The van der Waals surface area contributed by atoms with Crippen molar-refractivity contribution in [3.63, 3.8) is 0 Å². The molecule has 132 valence electrons. The predicted molar refractivity (Wildman–Crippen MR) is 86.0 cm³/mol. The van der Waals surface area contributed by atoms with Crippen molar-refractivity contribution in [1.82, 2.24) is 15.5 Å². The fourth-order valence-corrected chi connectivity index (χ4v) is 3.05. The number of hydrogen-bond donors (Lipinski definition) is 3. The Morgan fingerprint density at radius 1 is 1.35 bits per heavy atom. The van der Waals surface area contributed by atoms with E-state index in [4.69, 9.17) is 4.74 Å². The molecule has 2 saturated heterocycles. The van der Waals surface area contributed by atoms with Gasteiger partial charge in [-0.2, -0.15) is 0 Å². The van der Waals surface area contributed by atoms with Gasteiger partial charge in [0.25, 0.3) is 0 Å². The standard InChI is InChI=1S/C16H29N3O4/c1-16(2,3)23-15(22)18-12-5-7-19(10-12)14(21)8-11-9-17-6-4-13(11)20/h11-13,17,20H,4-10H2,1-3H3,(H,18,22). The van der Waals surface area contributed by atoms with Crippen molar-refractivity contribution in [2.45, 2.75) is 57.8 Å². The van der Waals surface area contributed by atoms with E-state index in [1.54, 1.807) is 4.90 Å². The van der Waals surface area contributed by atoms with Crippen molar-refractivity contribution in [3.8, 4) is 0 Å². The zero-order valence-corrected chi connectivity index (χ0v) is 14.3. The van der Waals surface area contributed by atoms with Crippen molar-refractivity contribution in [3.05, 3.63) is 0 Å². The number of rotatable bonds is 3. The van der Waals surface area contributed by atoms with Gasteiger partial charge < -0.3 is 25.4 Å². The number of alkyl carbamates (subject to hydrolysis) is 1. The minimum absolute atomic E-state index is 0.0193. The Hall–Kier alpha value is -1.34. The molecule has 3 atom stereocenters. The van der Waals surface area contributed by atoms with Crippen LogP contribution in [-0.2, 0) is 9.53 Å². The minimum Gasteiger partial charge on any atom is -0.444 e. The van der Waals surface area contributed by atoms with Crippen LogP contribution in [0, 0.1) is 5.92 Å². The molecule has 2 aliphatic rings. The summed E-state index contributed by atoms with van der Waals surface area (Å²) < 4.78 is 5.24. The fraction of sp³-hybridized carbons (Fsp3) is 0.875. The van der Waals surface area contributed by atoms with E-state index in [0.29, 0.717) is 32.5 Å². The van der Waals surface area contributed by atoms with Gasteiger partial charge in [0.1, 0.15) is 5.60 Å². The van der Waals surface area contributed by atoms with E-state index in [9.17, 15) is 14.7 Å². The third kappa shape index (κ3) is 5.66. The molecule has 3 N–H and O–H groups in total. The summed E-state index contributed by atoms with van der Waals surface area (Å²) in [6, 6.07) is -0.0665. The van der Waals surface area contributed by atoms with Crippen LogP contribution < -0.4 is 10.6 Å². The molecule has 7 heteroatoms. The third-order valence-electron chi connectivity index (χ3n) is 4.27. The highest BCUT2D eigenvalue weighted by molar-refractivity contribution is 5.77. The molecule has 0 aliphatic carbocycles. The molecule has 2 amide bonds. The molecule has 2 fully saturated rings. The molecule has 2 heterocycles. The first-order valence-corrected chi connectivity index (χ1v) is 8.40.